The van der Waals surface area contributed by atoms with Crippen LogP contribution in [0.25, 0.3) is 103 Å². The average molecular weight is 809 g/mol. The molecule has 0 aliphatic rings. The second kappa shape index (κ2) is 13.8. The first kappa shape index (κ1) is 34.9. The summed E-state index contributed by atoms with van der Waals surface area (Å²) in [7, 11) is 0. The van der Waals surface area contributed by atoms with Crippen molar-refractivity contribution in [2.75, 3.05) is 4.90 Å². The standard InChI is InChI=1S/C58H36N2OS/c1-2-13-44-38(12-1)28-34-48-57-43(17-11-22-54(57)61-58(44)48)39-26-32-42(33-27-39)59(41-30-24-37(25-31-41)40-29-35-56-49(36-40)47-16-5-10-23-55(47)62-56)52-20-8-9-21-53(52)60-50-18-6-3-14-45(50)46-15-4-7-19-51(46)60/h1-36H. The topological polar surface area (TPSA) is 21.3 Å². The predicted molar refractivity (Wildman–Crippen MR) is 264 cm³/mol. The van der Waals surface area contributed by atoms with Crippen LogP contribution in [0.15, 0.2) is 223 Å². The van der Waals surface area contributed by atoms with E-state index in [9.17, 15) is 0 Å². The van der Waals surface area contributed by atoms with Crippen LogP contribution in [0.4, 0.5) is 17.1 Å². The van der Waals surface area contributed by atoms with Gasteiger partial charge in [-0.25, -0.2) is 0 Å². The maximum absolute atomic E-state index is 6.58. The van der Waals surface area contributed by atoms with Gasteiger partial charge in [-0.1, -0.05) is 140 Å². The molecule has 0 fully saturated rings. The average Bonchev–Trinajstić information content (AvgIpc) is 4.02. The lowest BCUT2D eigenvalue weighted by molar-refractivity contribution is 0.673. The quantitative estimate of drug-likeness (QED) is 0.167. The molecule has 0 saturated heterocycles. The number of fused-ring (bicyclic) bond motifs is 11. The van der Waals surface area contributed by atoms with Crippen LogP contribution in [0.3, 0.4) is 0 Å². The maximum atomic E-state index is 6.58. The Kier molecular flexibility index (Phi) is 7.78. The first-order valence-corrected chi connectivity index (χ1v) is 21.9. The molecule has 0 radical (unpaired) electrons. The minimum absolute atomic E-state index is 0.895. The Balaban J connectivity index is 0.974. The molecule has 0 atom stereocenters. The zero-order valence-electron chi connectivity index (χ0n) is 33.5. The highest BCUT2D eigenvalue weighted by molar-refractivity contribution is 7.25. The van der Waals surface area contributed by atoms with Crippen LogP contribution < -0.4 is 4.90 Å². The van der Waals surface area contributed by atoms with Gasteiger partial charge in [0, 0.05) is 58.5 Å². The fraction of sp³-hybridized carbons (Fsp3) is 0. The van der Waals surface area contributed by atoms with E-state index >= 15 is 0 Å². The molecule has 290 valence electrons. The molecule has 3 heterocycles. The second-order valence-electron chi connectivity index (χ2n) is 16.0. The van der Waals surface area contributed by atoms with Crippen molar-refractivity contribution in [3.63, 3.8) is 0 Å². The van der Waals surface area contributed by atoms with Crippen molar-refractivity contribution >= 4 is 103 Å². The van der Waals surface area contributed by atoms with Gasteiger partial charge in [-0.2, -0.15) is 0 Å². The molecule has 13 rings (SSSR count). The number of anilines is 3. The summed E-state index contributed by atoms with van der Waals surface area (Å²) in [6.07, 6.45) is 0. The summed E-state index contributed by atoms with van der Waals surface area (Å²) in [5, 5.41) is 9.67. The summed E-state index contributed by atoms with van der Waals surface area (Å²) < 4.78 is 11.6. The molecule has 0 N–H and O–H groups in total. The number of nitrogens with zero attached hydrogens (tertiary/aromatic N) is 2. The number of furan rings is 1. The van der Waals surface area contributed by atoms with E-state index in [0.717, 1.165) is 61.2 Å². The number of hydrogen-bond acceptors (Lipinski definition) is 3. The molecule has 4 heteroatoms. The van der Waals surface area contributed by atoms with Crippen molar-refractivity contribution in [2.45, 2.75) is 0 Å². The number of rotatable bonds is 6. The maximum Gasteiger partial charge on any atom is 0.143 e. The third-order valence-corrected chi connectivity index (χ3v) is 13.8. The molecular formula is C58H36N2OS. The number of thiophene rings is 1. The van der Waals surface area contributed by atoms with Gasteiger partial charge in [-0.05, 0) is 107 Å². The van der Waals surface area contributed by atoms with Crippen molar-refractivity contribution in [1.82, 2.24) is 4.57 Å². The lowest BCUT2D eigenvalue weighted by atomic mass is 9.98. The number of para-hydroxylation sites is 4. The van der Waals surface area contributed by atoms with Crippen molar-refractivity contribution in [3.05, 3.63) is 218 Å². The first-order chi connectivity index (χ1) is 30.7. The van der Waals surface area contributed by atoms with Crippen LogP contribution in [-0.2, 0) is 0 Å². The molecule has 13 aromatic rings. The summed E-state index contributed by atoms with van der Waals surface area (Å²) in [4.78, 5) is 2.40. The Morgan fingerprint density at radius 2 is 1.02 bits per heavy atom. The zero-order chi connectivity index (χ0) is 40.7. The Morgan fingerprint density at radius 1 is 0.403 bits per heavy atom. The lowest BCUT2D eigenvalue weighted by Gasteiger charge is -2.28. The van der Waals surface area contributed by atoms with Gasteiger partial charge < -0.3 is 13.9 Å². The molecule has 0 spiro atoms. The molecule has 3 aromatic heterocycles. The highest BCUT2D eigenvalue weighted by Gasteiger charge is 2.21. The second-order valence-corrected chi connectivity index (χ2v) is 17.1. The minimum Gasteiger partial charge on any atom is -0.455 e. The fourth-order valence-corrected chi connectivity index (χ4v) is 10.8. The molecule has 0 aliphatic carbocycles. The van der Waals surface area contributed by atoms with E-state index in [4.69, 9.17) is 4.42 Å². The molecule has 62 heavy (non-hydrogen) atoms. The summed E-state index contributed by atoms with van der Waals surface area (Å²) in [6.45, 7) is 0. The first-order valence-electron chi connectivity index (χ1n) is 21.1. The smallest absolute Gasteiger partial charge is 0.143 e. The van der Waals surface area contributed by atoms with Gasteiger partial charge in [0.25, 0.3) is 0 Å². The Bertz CT molecular complexity index is 3820. The molecule has 3 nitrogen and oxygen atoms in total. The van der Waals surface area contributed by atoms with E-state index in [0.29, 0.717) is 0 Å². The Hall–Kier alpha value is -7.92. The van der Waals surface area contributed by atoms with Gasteiger partial charge in [-0.3, -0.25) is 0 Å². The zero-order valence-corrected chi connectivity index (χ0v) is 34.3. The molecule has 0 unspecified atom stereocenters. The van der Waals surface area contributed by atoms with Crippen LogP contribution in [-0.4, -0.2) is 4.57 Å². The molecule has 0 amide bonds. The van der Waals surface area contributed by atoms with Crippen LogP contribution >= 0.6 is 11.3 Å². The molecule has 0 saturated carbocycles. The number of aromatic nitrogens is 1. The van der Waals surface area contributed by atoms with E-state index in [1.54, 1.807) is 0 Å². The highest BCUT2D eigenvalue weighted by atomic mass is 32.1. The molecule has 0 aliphatic heterocycles. The van der Waals surface area contributed by atoms with E-state index in [1.165, 1.54) is 58.5 Å². The van der Waals surface area contributed by atoms with Gasteiger partial charge >= 0.3 is 0 Å². The van der Waals surface area contributed by atoms with E-state index in [2.05, 4.69) is 228 Å². The van der Waals surface area contributed by atoms with Crippen LogP contribution in [0.1, 0.15) is 0 Å². The van der Waals surface area contributed by atoms with Crippen LogP contribution in [0.2, 0.25) is 0 Å². The predicted octanol–water partition coefficient (Wildman–Crippen LogP) is 17.0. The van der Waals surface area contributed by atoms with Crippen molar-refractivity contribution in [2.24, 2.45) is 0 Å². The summed E-state index contributed by atoms with van der Waals surface area (Å²) >= 11 is 1.86. The highest BCUT2D eigenvalue weighted by Crippen LogP contribution is 2.45. The number of hydrogen-bond donors (Lipinski definition) is 0. The van der Waals surface area contributed by atoms with Crippen molar-refractivity contribution < 1.29 is 4.42 Å². The normalized spacial score (nSPS) is 11.9. The summed E-state index contributed by atoms with van der Waals surface area (Å²) in [6, 6.07) is 79.2. The van der Waals surface area contributed by atoms with Gasteiger partial charge in [0.1, 0.15) is 11.2 Å². The van der Waals surface area contributed by atoms with Crippen molar-refractivity contribution in [3.8, 4) is 27.9 Å². The molecule has 0 bridgehead atoms. The van der Waals surface area contributed by atoms with Gasteiger partial charge in [0.15, 0.2) is 0 Å². The molecule has 10 aromatic carbocycles. The monoisotopic (exact) mass is 808 g/mol. The van der Waals surface area contributed by atoms with Crippen LogP contribution in [0, 0.1) is 0 Å². The third kappa shape index (κ3) is 5.37. The Labute approximate surface area is 361 Å². The summed E-state index contributed by atoms with van der Waals surface area (Å²) in [5.41, 5.74) is 13.2. The van der Waals surface area contributed by atoms with E-state index in [-0.39, 0.29) is 0 Å². The summed E-state index contributed by atoms with van der Waals surface area (Å²) in [5.74, 6) is 0. The van der Waals surface area contributed by atoms with Gasteiger partial charge in [0.2, 0.25) is 0 Å². The third-order valence-electron chi connectivity index (χ3n) is 12.6. The minimum atomic E-state index is 0.895. The molecular weight excluding hydrogens is 773 g/mol. The van der Waals surface area contributed by atoms with Gasteiger partial charge in [0.05, 0.1) is 22.4 Å². The number of benzene rings is 10. The fourth-order valence-electron chi connectivity index (χ4n) is 9.74. The lowest BCUT2D eigenvalue weighted by Crippen LogP contribution is -2.13. The van der Waals surface area contributed by atoms with E-state index in [1.807, 2.05) is 11.3 Å². The van der Waals surface area contributed by atoms with Crippen LogP contribution in [0.5, 0.6) is 0 Å². The largest absolute Gasteiger partial charge is 0.455 e. The SMILES string of the molecule is c1ccc(-n2c3ccccc3c3ccccc32)c(N(c2ccc(-c3ccc4sc5ccccc5c4c3)cc2)c2ccc(-c3cccc4oc5c6ccccc6ccc5c34)cc2)c1. The van der Waals surface area contributed by atoms with E-state index < -0.39 is 0 Å². The van der Waals surface area contributed by atoms with Gasteiger partial charge in [-0.15, -0.1) is 11.3 Å². The van der Waals surface area contributed by atoms with Crippen molar-refractivity contribution in [1.29, 1.82) is 0 Å². The Morgan fingerprint density at radius 3 is 1.79 bits per heavy atom.